The summed E-state index contributed by atoms with van der Waals surface area (Å²) in [4.78, 5) is 13.4. The van der Waals surface area contributed by atoms with Crippen molar-refractivity contribution in [3.05, 3.63) is 58.4 Å². The van der Waals surface area contributed by atoms with Crippen LogP contribution in [0.3, 0.4) is 0 Å². The first kappa shape index (κ1) is 23.5. The molecule has 0 radical (unpaired) electrons. The Kier molecular flexibility index (Phi) is 6.84. The maximum atomic E-state index is 14.1. The summed E-state index contributed by atoms with van der Waals surface area (Å²) in [7, 11) is -3.91. The predicted octanol–water partition coefficient (Wildman–Crippen LogP) is 4.24. The largest absolute Gasteiger partial charge is 0.373 e. The van der Waals surface area contributed by atoms with Crippen LogP contribution in [0.4, 0.5) is 4.39 Å². The van der Waals surface area contributed by atoms with Crippen molar-refractivity contribution in [2.75, 3.05) is 18.8 Å². The highest BCUT2D eigenvalue weighted by atomic mass is 35.5. The molecule has 10 heteroatoms. The highest BCUT2D eigenvalue weighted by Gasteiger charge is 2.34. The summed E-state index contributed by atoms with van der Waals surface area (Å²) in [5.74, 6) is -0.0683. The topological polar surface area (TPSA) is 75.7 Å². The summed E-state index contributed by atoms with van der Waals surface area (Å²) in [6.45, 7) is 4.04. The average molecular weight is 499 g/mol. The second-order valence-electron chi connectivity index (χ2n) is 8.05. The van der Waals surface area contributed by atoms with Gasteiger partial charge in [-0.25, -0.2) is 12.8 Å². The van der Waals surface area contributed by atoms with E-state index in [0.717, 1.165) is 5.56 Å². The summed E-state index contributed by atoms with van der Waals surface area (Å²) >= 11 is 7.67. The van der Waals surface area contributed by atoms with E-state index >= 15 is 0 Å². The molecule has 3 atom stereocenters. The minimum absolute atomic E-state index is 0.0508. The molecule has 172 valence electrons. The number of fused-ring (bicyclic) bond motifs is 1. The zero-order chi connectivity index (χ0) is 23.0. The van der Waals surface area contributed by atoms with E-state index in [2.05, 4.69) is 5.32 Å². The number of benzene rings is 2. The van der Waals surface area contributed by atoms with Crippen molar-refractivity contribution in [1.29, 1.82) is 0 Å². The van der Waals surface area contributed by atoms with Crippen molar-refractivity contribution >= 4 is 39.3 Å². The normalized spacial score (nSPS) is 24.1. The highest BCUT2D eigenvalue weighted by Crippen LogP contribution is 2.38. The molecule has 1 fully saturated rings. The second-order valence-corrected chi connectivity index (χ2v) is 11.5. The summed E-state index contributed by atoms with van der Waals surface area (Å²) in [6, 6.07) is 8.68. The molecular formula is C22H24ClFN2O4S2. The van der Waals surface area contributed by atoms with E-state index in [1.54, 1.807) is 12.1 Å². The number of halogens is 2. The molecule has 1 N–H and O–H groups in total. The number of nitrogens with one attached hydrogen (secondary N) is 1. The van der Waals surface area contributed by atoms with Gasteiger partial charge in [-0.1, -0.05) is 23.7 Å². The maximum absolute atomic E-state index is 14.1. The van der Waals surface area contributed by atoms with Crippen LogP contribution in [0, 0.1) is 5.82 Å². The Morgan fingerprint density at radius 2 is 1.94 bits per heavy atom. The molecule has 0 saturated carbocycles. The summed E-state index contributed by atoms with van der Waals surface area (Å²) < 4.78 is 47.7. The van der Waals surface area contributed by atoms with E-state index in [0.29, 0.717) is 17.1 Å². The number of nitrogens with zero attached hydrogens (tertiary/aromatic N) is 1. The molecule has 6 nitrogen and oxygen atoms in total. The average Bonchev–Trinajstić information content (AvgIpc) is 2.74. The Hall–Kier alpha value is -1.65. The van der Waals surface area contributed by atoms with E-state index in [9.17, 15) is 17.6 Å². The van der Waals surface area contributed by atoms with E-state index in [4.69, 9.17) is 16.3 Å². The smallest absolute Gasteiger partial charge is 0.251 e. The number of carbonyl (C=O) groups is 1. The molecule has 0 spiro atoms. The van der Waals surface area contributed by atoms with Gasteiger partial charge in [-0.3, -0.25) is 4.79 Å². The van der Waals surface area contributed by atoms with Crippen molar-refractivity contribution in [2.45, 2.75) is 48.3 Å². The van der Waals surface area contributed by atoms with Gasteiger partial charge in [-0.15, -0.1) is 11.8 Å². The predicted molar refractivity (Wildman–Crippen MR) is 122 cm³/mol. The lowest BCUT2D eigenvalue weighted by Crippen LogP contribution is -2.48. The lowest BCUT2D eigenvalue weighted by molar-refractivity contribution is -0.0440. The van der Waals surface area contributed by atoms with Gasteiger partial charge >= 0.3 is 0 Å². The number of sulfonamides is 1. The van der Waals surface area contributed by atoms with E-state index in [-0.39, 0.29) is 52.6 Å². The quantitative estimate of drug-likeness (QED) is 0.682. The number of thioether (sulfide) groups is 1. The molecule has 0 aliphatic carbocycles. The summed E-state index contributed by atoms with van der Waals surface area (Å²) in [6.07, 6.45) is 0.154. The van der Waals surface area contributed by atoms with Crippen LogP contribution in [-0.2, 0) is 14.8 Å². The van der Waals surface area contributed by atoms with Gasteiger partial charge in [0.15, 0.2) is 0 Å². The SMILES string of the molecule is C[C@@H]1CN(S(=O)(=O)c2cc(C(=O)N[C@H]3CCSc4c(F)cccc43)ccc2Cl)C[C@@H](C)O1. The van der Waals surface area contributed by atoms with Gasteiger partial charge in [0.05, 0.1) is 23.3 Å². The molecule has 4 rings (SSSR count). The Morgan fingerprint density at radius 1 is 1.22 bits per heavy atom. The molecule has 1 amide bonds. The molecule has 2 aliphatic rings. The van der Waals surface area contributed by atoms with Gasteiger partial charge in [-0.2, -0.15) is 4.31 Å². The van der Waals surface area contributed by atoms with Gasteiger partial charge < -0.3 is 10.1 Å². The standard InChI is InChI=1S/C22H24ClFN2O4S2/c1-13-11-26(12-14(2)30-13)32(28,29)20-10-15(6-7-17(20)23)22(27)25-19-8-9-31-21-16(19)4-3-5-18(21)24/h3-7,10,13-14,19H,8-9,11-12H2,1-2H3,(H,25,27)/t13-,14-,19+/m1/s1. The molecule has 2 aromatic carbocycles. The minimum Gasteiger partial charge on any atom is -0.373 e. The Bertz CT molecular complexity index is 1130. The van der Waals surface area contributed by atoms with Crippen LogP contribution in [0.2, 0.25) is 5.02 Å². The zero-order valence-electron chi connectivity index (χ0n) is 17.7. The lowest BCUT2D eigenvalue weighted by atomic mass is 10.0. The van der Waals surface area contributed by atoms with Crippen LogP contribution < -0.4 is 5.32 Å². The summed E-state index contributed by atoms with van der Waals surface area (Å²) in [5, 5.41) is 2.97. The molecule has 2 aromatic rings. The van der Waals surface area contributed by atoms with Gasteiger partial charge in [0.2, 0.25) is 10.0 Å². The van der Waals surface area contributed by atoms with E-state index in [1.165, 1.54) is 40.3 Å². The first-order chi connectivity index (χ1) is 15.2. The monoisotopic (exact) mass is 498 g/mol. The van der Waals surface area contributed by atoms with Gasteiger partial charge in [0.1, 0.15) is 10.7 Å². The van der Waals surface area contributed by atoms with Crippen molar-refractivity contribution in [1.82, 2.24) is 9.62 Å². The Balaban J connectivity index is 1.60. The molecule has 2 heterocycles. The highest BCUT2D eigenvalue weighted by molar-refractivity contribution is 7.99. The third-order valence-corrected chi connectivity index (χ3v) is 9.00. The van der Waals surface area contributed by atoms with Crippen LogP contribution in [0.5, 0.6) is 0 Å². The maximum Gasteiger partial charge on any atom is 0.251 e. The third kappa shape index (κ3) is 4.68. The first-order valence-corrected chi connectivity index (χ1v) is 13.1. The van der Waals surface area contributed by atoms with Crippen LogP contribution in [-0.4, -0.2) is 49.7 Å². The van der Waals surface area contributed by atoms with Crippen molar-refractivity contribution in [3.8, 4) is 0 Å². The number of hydrogen-bond acceptors (Lipinski definition) is 5. The fourth-order valence-corrected chi connectivity index (χ4v) is 7.32. The number of carbonyl (C=O) groups excluding carboxylic acids is 1. The van der Waals surface area contributed by atoms with Gasteiger partial charge in [0.25, 0.3) is 5.91 Å². The number of ether oxygens (including phenoxy) is 1. The number of hydrogen-bond donors (Lipinski definition) is 1. The first-order valence-electron chi connectivity index (χ1n) is 10.3. The molecule has 32 heavy (non-hydrogen) atoms. The fraction of sp³-hybridized carbons (Fsp3) is 0.409. The minimum atomic E-state index is -3.91. The van der Waals surface area contributed by atoms with E-state index < -0.39 is 15.9 Å². The Morgan fingerprint density at radius 3 is 2.66 bits per heavy atom. The van der Waals surface area contributed by atoms with Crippen LogP contribution in [0.25, 0.3) is 0 Å². The molecule has 1 saturated heterocycles. The van der Waals surface area contributed by atoms with Crippen LogP contribution in [0.15, 0.2) is 46.2 Å². The lowest BCUT2D eigenvalue weighted by Gasteiger charge is -2.34. The molecule has 0 bridgehead atoms. The molecule has 0 unspecified atom stereocenters. The van der Waals surface area contributed by atoms with Crippen LogP contribution in [0.1, 0.15) is 42.2 Å². The third-order valence-electron chi connectivity index (χ3n) is 5.53. The number of amides is 1. The van der Waals surface area contributed by atoms with Gasteiger partial charge in [-0.05, 0) is 50.1 Å². The fourth-order valence-electron chi connectivity index (χ4n) is 4.09. The molecule has 2 aliphatic heterocycles. The summed E-state index contributed by atoms with van der Waals surface area (Å²) in [5.41, 5.74) is 0.909. The van der Waals surface area contributed by atoms with Crippen LogP contribution >= 0.6 is 23.4 Å². The van der Waals surface area contributed by atoms with Crippen molar-refractivity contribution in [3.63, 3.8) is 0 Å². The van der Waals surface area contributed by atoms with Crippen molar-refractivity contribution in [2.24, 2.45) is 0 Å². The van der Waals surface area contributed by atoms with E-state index in [1.807, 2.05) is 13.8 Å². The zero-order valence-corrected chi connectivity index (χ0v) is 20.1. The Labute approximate surface area is 196 Å². The number of rotatable bonds is 4. The number of morpholine rings is 1. The van der Waals surface area contributed by atoms with Gasteiger partial charge in [0, 0.05) is 29.3 Å². The molecular weight excluding hydrogens is 475 g/mol. The van der Waals surface area contributed by atoms with Crippen molar-refractivity contribution < 1.29 is 22.3 Å². The second kappa shape index (κ2) is 9.30. The molecule has 0 aromatic heterocycles.